The summed E-state index contributed by atoms with van der Waals surface area (Å²) < 4.78 is 10.4. The molecule has 1 saturated heterocycles. The van der Waals surface area contributed by atoms with Crippen LogP contribution in [0.1, 0.15) is 53.4 Å². The number of amides is 1. The summed E-state index contributed by atoms with van der Waals surface area (Å²) in [6, 6.07) is -1.35. The largest absolute Gasteiger partial charge is 0.464 e. The Labute approximate surface area is 125 Å². The zero-order chi connectivity index (χ0) is 16.0. The van der Waals surface area contributed by atoms with E-state index < -0.39 is 29.7 Å². The van der Waals surface area contributed by atoms with Crippen LogP contribution in [0.15, 0.2) is 0 Å². The molecule has 6 heteroatoms. The van der Waals surface area contributed by atoms with Crippen molar-refractivity contribution in [3.8, 4) is 0 Å². The number of hydrogen-bond donors (Lipinski definition) is 0. The van der Waals surface area contributed by atoms with E-state index in [1.807, 2.05) is 6.92 Å². The van der Waals surface area contributed by atoms with Gasteiger partial charge in [0.25, 0.3) is 0 Å². The maximum absolute atomic E-state index is 12.2. The highest BCUT2D eigenvalue weighted by Gasteiger charge is 2.43. The quantitative estimate of drug-likeness (QED) is 0.442. The summed E-state index contributed by atoms with van der Waals surface area (Å²) in [5.41, 5.74) is -0.677. The Morgan fingerprint density at radius 1 is 1.29 bits per heavy atom. The van der Waals surface area contributed by atoms with Gasteiger partial charge in [-0.25, -0.2) is 9.59 Å². The van der Waals surface area contributed by atoms with Crippen LogP contribution in [0.2, 0.25) is 0 Å². The molecule has 1 aliphatic rings. The fraction of sp³-hybridized carbons (Fsp3) is 0.800. The van der Waals surface area contributed by atoms with Crippen LogP contribution >= 0.6 is 0 Å². The fourth-order valence-corrected chi connectivity index (χ4v) is 2.19. The number of ether oxygens (including phenoxy) is 2. The van der Waals surface area contributed by atoms with Crippen LogP contribution in [-0.2, 0) is 19.1 Å². The molecule has 6 nitrogen and oxygen atoms in total. The van der Waals surface area contributed by atoms with E-state index in [0.717, 1.165) is 12.8 Å². The Kier molecular flexibility index (Phi) is 6.18. The number of esters is 1. The third-order valence-corrected chi connectivity index (χ3v) is 3.20. The highest BCUT2D eigenvalue weighted by molar-refractivity contribution is 5.85. The molecule has 0 saturated carbocycles. The molecule has 0 bridgehead atoms. The molecule has 1 unspecified atom stereocenters. The van der Waals surface area contributed by atoms with Crippen LogP contribution in [0.4, 0.5) is 4.79 Å². The number of rotatable bonds is 5. The van der Waals surface area contributed by atoms with Crippen molar-refractivity contribution in [2.24, 2.45) is 0 Å². The topological polar surface area (TPSA) is 72.9 Å². The van der Waals surface area contributed by atoms with Crippen molar-refractivity contribution in [3.05, 3.63) is 0 Å². The second-order valence-corrected chi connectivity index (χ2v) is 6.21. The van der Waals surface area contributed by atoms with Gasteiger partial charge in [0.05, 0.1) is 12.6 Å². The molecule has 1 rings (SSSR count). The van der Waals surface area contributed by atoms with E-state index in [1.165, 1.54) is 4.90 Å². The minimum absolute atomic E-state index is 0.333. The Bertz CT molecular complexity index is 388. The predicted molar refractivity (Wildman–Crippen MR) is 76.8 cm³/mol. The van der Waals surface area contributed by atoms with Crippen molar-refractivity contribution in [1.82, 2.24) is 4.90 Å². The highest BCUT2D eigenvalue weighted by Crippen LogP contribution is 2.26. The van der Waals surface area contributed by atoms with Crippen LogP contribution in [0.25, 0.3) is 0 Å². The van der Waals surface area contributed by atoms with E-state index >= 15 is 0 Å². The smallest absolute Gasteiger partial charge is 0.411 e. The summed E-state index contributed by atoms with van der Waals surface area (Å²) in [7, 11) is 0. The predicted octanol–water partition coefficient (Wildman–Crippen LogP) is 2.30. The number of likely N-dealkylation sites (tertiary alicyclic amines) is 1. The maximum atomic E-state index is 12.2. The standard InChI is InChI=1S/C15H25NO5/c1-5-6-9-20-13(18)12-8-7-11(10-17)16(12)14(19)21-15(2,3)4/h10-12H,5-9H2,1-4H3/t11?,12-/m0/s1. The SMILES string of the molecule is CCCCOC(=O)[C@@H]1CCC(C=O)N1C(=O)OC(C)(C)C. The van der Waals surface area contributed by atoms with Gasteiger partial charge in [-0.1, -0.05) is 13.3 Å². The summed E-state index contributed by atoms with van der Waals surface area (Å²) >= 11 is 0. The van der Waals surface area contributed by atoms with Gasteiger partial charge >= 0.3 is 12.1 Å². The first-order valence-corrected chi connectivity index (χ1v) is 7.43. The van der Waals surface area contributed by atoms with Crippen LogP contribution in [0, 0.1) is 0 Å². The fourth-order valence-electron chi connectivity index (χ4n) is 2.19. The molecule has 1 amide bonds. The van der Waals surface area contributed by atoms with E-state index in [1.54, 1.807) is 20.8 Å². The third-order valence-electron chi connectivity index (χ3n) is 3.20. The Morgan fingerprint density at radius 2 is 1.95 bits per heavy atom. The van der Waals surface area contributed by atoms with Crippen LogP contribution < -0.4 is 0 Å². The molecule has 0 aliphatic carbocycles. The van der Waals surface area contributed by atoms with Crippen molar-refractivity contribution in [3.63, 3.8) is 0 Å². The second kappa shape index (κ2) is 7.43. The van der Waals surface area contributed by atoms with Gasteiger partial charge in [-0.3, -0.25) is 4.90 Å². The van der Waals surface area contributed by atoms with E-state index in [-0.39, 0.29) is 0 Å². The molecule has 120 valence electrons. The van der Waals surface area contributed by atoms with Gasteiger partial charge in [-0.15, -0.1) is 0 Å². The van der Waals surface area contributed by atoms with Gasteiger partial charge in [0, 0.05) is 0 Å². The number of carbonyl (C=O) groups is 3. The van der Waals surface area contributed by atoms with Gasteiger partial charge in [0.1, 0.15) is 17.9 Å². The first-order chi connectivity index (χ1) is 9.80. The normalized spacial score (nSPS) is 22.0. The maximum Gasteiger partial charge on any atom is 0.411 e. The monoisotopic (exact) mass is 299 g/mol. The van der Waals surface area contributed by atoms with E-state index in [4.69, 9.17) is 9.47 Å². The average Bonchev–Trinajstić information content (AvgIpc) is 2.80. The molecule has 0 radical (unpaired) electrons. The van der Waals surface area contributed by atoms with Crippen molar-refractivity contribution in [1.29, 1.82) is 0 Å². The molecule has 2 atom stereocenters. The number of aldehydes is 1. The van der Waals surface area contributed by atoms with E-state index in [0.29, 0.717) is 25.7 Å². The minimum atomic E-state index is -0.730. The van der Waals surface area contributed by atoms with Crippen molar-refractivity contribution >= 4 is 18.3 Å². The lowest BCUT2D eigenvalue weighted by atomic mass is 10.2. The van der Waals surface area contributed by atoms with Gasteiger partial charge in [-0.05, 0) is 40.0 Å². The van der Waals surface area contributed by atoms with E-state index in [2.05, 4.69) is 0 Å². The second-order valence-electron chi connectivity index (χ2n) is 6.21. The lowest BCUT2D eigenvalue weighted by Crippen LogP contribution is -2.48. The number of unbranched alkanes of at least 4 members (excludes halogenated alkanes) is 1. The van der Waals surface area contributed by atoms with Crippen molar-refractivity contribution < 1.29 is 23.9 Å². The summed E-state index contributed by atoms with van der Waals surface area (Å²) in [5.74, 6) is -0.460. The lowest BCUT2D eigenvalue weighted by Gasteiger charge is -2.29. The summed E-state index contributed by atoms with van der Waals surface area (Å²) in [4.78, 5) is 36.6. The molecule has 0 aromatic heterocycles. The van der Waals surface area contributed by atoms with Gasteiger partial charge < -0.3 is 14.3 Å². The lowest BCUT2D eigenvalue weighted by molar-refractivity contribution is -0.149. The average molecular weight is 299 g/mol. The van der Waals surface area contributed by atoms with Gasteiger partial charge in [-0.2, -0.15) is 0 Å². The van der Waals surface area contributed by atoms with Crippen molar-refractivity contribution in [2.45, 2.75) is 71.1 Å². The zero-order valence-corrected chi connectivity index (χ0v) is 13.3. The first-order valence-electron chi connectivity index (χ1n) is 7.43. The Balaban J connectivity index is 2.75. The number of hydrogen-bond acceptors (Lipinski definition) is 5. The van der Waals surface area contributed by atoms with Gasteiger partial charge in [0.15, 0.2) is 0 Å². The molecule has 21 heavy (non-hydrogen) atoms. The summed E-state index contributed by atoms with van der Waals surface area (Å²) in [5, 5.41) is 0. The molecule has 0 aromatic rings. The molecule has 0 aromatic carbocycles. The Morgan fingerprint density at radius 3 is 2.48 bits per heavy atom. The van der Waals surface area contributed by atoms with Gasteiger partial charge in [0.2, 0.25) is 0 Å². The molecular formula is C15H25NO5. The van der Waals surface area contributed by atoms with Crippen molar-refractivity contribution in [2.75, 3.05) is 6.61 Å². The van der Waals surface area contributed by atoms with E-state index in [9.17, 15) is 14.4 Å². The molecule has 0 spiro atoms. The number of nitrogens with zero attached hydrogens (tertiary/aromatic N) is 1. The minimum Gasteiger partial charge on any atom is -0.464 e. The zero-order valence-electron chi connectivity index (χ0n) is 13.3. The molecular weight excluding hydrogens is 274 g/mol. The Hall–Kier alpha value is -1.59. The molecule has 1 fully saturated rings. The van der Waals surface area contributed by atoms with Crippen LogP contribution in [0.5, 0.6) is 0 Å². The molecule has 0 N–H and O–H groups in total. The number of carbonyl (C=O) groups excluding carboxylic acids is 3. The summed E-state index contributed by atoms with van der Waals surface area (Å²) in [6.07, 6.45) is 2.62. The summed E-state index contributed by atoms with van der Waals surface area (Å²) in [6.45, 7) is 7.56. The third kappa shape index (κ3) is 5.02. The molecule has 1 aliphatic heterocycles. The first kappa shape index (κ1) is 17.5. The highest BCUT2D eigenvalue weighted by atomic mass is 16.6. The van der Waals surface area contributed by atoms with Crippen LogP contribution in [0.3, 0.4) is 0 Å². The van der Waals surface area contributed by atoms with Crippen LogP contribution in [-0.4, -0.2) is 47.5 Å². The molecule has 1 heterocycles.